The first kappa shape index (κ1) is 22.6. The minimum absolute atomic E-state index is 0.0494. The monoisotopic (exact) mass is 448 g/mol. The second-order valence-electron chi connectivity index (χ2n) is 7.73. The van der Waals surface area contributed by atoms with E-state index in [2.05, 4.69) is 10.3 Å². The van der Waals surface area contributed by atoms with E-state index in [0.717, 1.165) is 23.0 Å². The van der Waals surface area contributed by atoms with E-state index in [1.807, 2.05) is 66.9 Å². The van der Waals surface area contributed by atoms with Gasteiger partial charge in [-0.15, -0.1) is 0 Å². The summed E-state index contributed by atoms with van der Waals surface area (Å²) < 4.78 is 5.53. The molecule has 7 nitrogen and oxygen atoms in total. The van der Waals surface area contributed by atoms with Crippen molar-refractivity contribution in [3.8, 4) is 0 Å². The number of aliphatic imine (C=N–C) groups is 1. The van der Waals surface area contributed by atoms with Crippen LogP contribution in [-0.2, 0) is 14.3 Å². The summed E-state index contributed by atoms with van der Waals surface area (Å²) in [5, 5.41) is 9.70. The van der Waals surface area contributed by atoms with E-state index in [9.17, 15) is 9.59 Å². The number of esters is 1. The number of ether oxygens (including phenoxy) is 1. The van der Waals surface area contributed by atoms with Crippen LogP contribution in [0, 0.1) is 0 Å². The standard InChI is InChI=1S/C21H28N4O3S2/c1-13(2)28-20(27)18-14(3)23-21-25(19(18)15-6-9-29-11-15)16(12-30-21)10-17(26)22-7-8-24(4)5/h6,9,11-13,19H,7-8,10H2,1-5H3,(H,22,26). The first-order valence-corrected chi connectivity index (χ1v) is 11.7. The Hall–Kier alpha value is -2.10. The minimum atomic E-state index is -0.367. The van der Waals surface area contributed by atoms with Crippen LogP contribution in [-0.4, -0.2) is 60.1 Å². The third kappa shape index (κ3) is 5.14. The molecule has 9 heteroatoms. The summed E-state index contributed by atoms with van der Waals surface area (Å²) in [6, 6.07) is 1.65. The molecule has 3 rings (SSSR count). The van der Waals surface area contributed by atoms with E-state index < -0.39 is 0 Å². The Morgan fingerprint density at radius 2 is 2.13 bits per heavy atom. The number of hydrogen-bond donors (Lipinski definition) is 1. The van der Waals surface area contributed by atoms with Crippen molar-refractivity contribution < 1.29 is 14.3 Å². The Bertz CT molecular complexity index is 888. The zero-order chi connectivity index (χ0) is 21.8. The van der Waals surface area contributed by atoms with Gasteiger partial charge in [0.1, 0.15) is 0 Å². The van der Waals surface area contributed by atoms with Crippen LogP contribution in [0.25, 0.3) is 0 Å². The second-order valence-corrected chi connectivity index (χ2v) is 9.35. The van der Waals surface area contributed by atoms with Crippen molar-refractivity contribution in [1.82, 2.24) is 15.1 Å². The number of carbonyl (C=O) groups excluding carboxylic acids is 2. The molecule has 1 aromatic rings. The topological polar surface area (TPSA) is 74.2 Å². The Morgan fingerprint density at radius 1 is 1.37 bits per heavy atom. The predicted molar refractivity (Wildman–Crippen MR) is 122 cm³/mol. The molecule has 162 valence electrons. The van der Waals surface area contributed by atoms with E-state index in [0.29, 0.717) is 17.8 Å². The molecule has 3 heterocycles. The van der Waals surface area contributed by atoms with E-state index in [1.54, 1.807) is 11.3 Å². The van der Waals surface area contributed by atoms with Crippen LogP contribution in [0.2, 0.25) is 0 Å². The Morgan fingerprint density at radius 3 is 2.77 bits per heavy atom. The molecule has 2 aliphatic heterocycles. The zero-order valence-corrected chi connectivity index (χ0v) is 19.6. The molecule has 2 aliphatic rings. The average molecular weight is 449 g/mol. The van der Waals surface area contributed by atoms with Gasteiger partial charge in [-0.1, -0.05) is 11.8 Å². The molecule has 0 fully saturated rings. The highest BCUT2D eigenvalue weighted by atomic mass is 32.2. The van der Waals surface area contributed by atoms with Crippen LogP contribution in [0.5, 0.6) is 0 Å². The second kappa shape index (κ2) is 9.80. The number of fused-ring (bicyclic) bond motifs is 1. The molecule has 0 spiro atoms. The van der Waals surface area contributed by atoms with E-state index in [-0.39, 0.29) is 30.4 Å². The lowest BCUT2D eigenvalue weighted by atomic mass is 9.96. The number of nitrogens with one attached hydrogen (secondary N) is 1. The summed E-state index contributed by atoms with van der Waals surface area (Å²) in [5.74, 6) is -0.417. The van der Waals surface area contributed by atoms with Gasteiger partial charge >= 0.3 is 5.97 Å². The first-order valence-electron chi connectivity index (χ1n) is 9.86. The zero-order valence-electron chi connectivity index (χ0n) is 18.0. The number of amides is 1. The van der Waals surface area contributed by atoms with Gasteiger partial charge in [0, 0.05) is 18.8 Å². The predicted octanol–water partition coefficient (Wildman–Crippen LogP) is 3.34. The smallest absolute Gasteiger partial charge is 0.338 e. The molecule has 0 bridgehead atoms. The molecule has 0 saturated heterocycles. The van der Waals surface area contributed by atoms with E-state index >= 15 is 0 Å². The molecule has 0 aromatic carbocycles. The van der Waals surface area contributed by atoms with Gasteiger partial charge in [-0.2, -0.15) is 11.3 Å². The number of likely N-dealkylation sites (N-methyl/N-ethyl adjacent to an activating group) is 1. The van der Waals surface area contributed by atoms with Gasteiger partial charge in [0.25, 0.3) is 0 Å². The van der Waals surface area contributed by atoms with Crippen LogP contribution < -0.4 is 5.32 Å². The molecule has 1 aromatic heterocycles. The number of thioether (sulfide) groups is 1. The van der Waals surface area contributed by atoms with Crippen molar-refractivity contribution in [1.29, 1.82) is 0 Å². The Kier molecular flexibility index (Phi) is 7.38. The summed E-state index contributed by atoms with van der Waals surface area (Å²) >= 11 is 3.05. The Labute approximate surface area is 185 Å². The number of allylic oxidation sites excluding steroid dienone is 1. The van der Waals surface area contributed by atoms with Crippen LogP contribution in [0.15, 0.2) is 44.2 Å². The molecule has 1 atom stereocenters. The summed E-state index contributed by atoms with van der Waals surface area (Å²) in [5.41, 5.74) is 3.00. The molecule has 1 N–H and O–H groups in total. The summed E-state index contributed by atoms with van der Waals surface area (Å²) in [4.78, 5) is 34.2. The molecule has 0 saturated carbocycles. The fourth-order valence-electron chi connectivity index (χ4n) is 3.30. The van der Waals surface area contributed by atoms with Gasteiger partial charge in [-0.3, -0.25) is 4.79 Å². The van der Waals surface area contributed by atoms with Gasteiger partial charge < -0.3 is 19.9 Å². The average Bonchev–Trinajstić information content (AvgIpc) is 3.30. The molecule has 30 heavy (non-hydrogen) atoms. The van der Waals surface area contributed by atoms with Gasteiger partial charge in [-0.25, -0.2) is 9.79 Å². The maximum absolute atomic E-state index is 13.0. The van der Waals surface area contributed by atoms with E-state index in [4.69, 9.17) is 4.74 Å². The molecular weight excluding hydrogens is 420 g/mol. The van der Waals surface area contributed by atoms with Crippen molar-refractivity contribution in [2.75, 3.05) is 27.2 Å². The third-order valence-corrected chi connectivity index (χ3v) is 6.24. The fourth-order valence-corrected chi connectivity index (χ4v) is 4.94. The normalized spacial score (nSPS) is 18.5. The largest absolute Gasteiger partial charge is 0.459 e. The summed E-state index contributed by atoms with van der Waals surface area (Å²) in [6.45, 7) is 6.87. The number of hydrogen-bond acceptors (Lipinski definition) is 8. The van der Waals surface area contributed by atoms with Crippen molar-refractivity contribution in [2.45, 2.75) is 39.3 Å². The first-order chi connectivity index (χ1) is 14.3. The number of nitrogens with zero attached hydrogens (tertiary/aromatic N) is 3. The number of thiophene rings is 1. The highest BCUT2D eigenvalue weighted by Crippen LogP contribution is 2.45. The quantitative estimate of drug-likeness (QED) is 0.615. The van der Waals surface area contributed by atoms with Crippen molar-refractivity contribution in [2.24, 2.45) is 4.99 Å². The molecular formula is C21H28N4O3S2. The maximum atomic E-state index is 13.0. The molecule has 0 radical (unpaired) electrons. The third-order valence-electron chi connectivity index (χ3n) is 4.65. The lowest BCUT2D eigenvalue weighted by molar-refractivity contribution is -0.143. The van der Waals surface area contributed by atoms with Crippen LogP contribution in [0.3, 0.4) is 0 Å². The summed E-state index contributed by atoms with van der Waals surface area (Å²) in [6.07, 6.45) is 0.00258. The van der Waals surface area contributed by atoms with Gasteiger partial charge in [0.15, 0.2) is 5.17 Å². The van der Waals surface area contributed by atoms with Gasteiger partial charge in [0.2, 0.25) is 5.91 Å². The molecule has 1 unspecified atom stereocenters. The summed E-state index contributed by atoms with van der Waals surface area (Å²) in [7, 11) is 3.94. The Balaban J connectivity index is 1.86. The lowest BCUT2D eigenvalue weighted by Gasteiger charge is -2.36. The number of amidine groups is 1. The van der Waals surface area contributed by atoms with Gasteiger partial charge in [0.05, 0.1) is 29.8 Å². The highest BCUT2D eigenvalue weighted by Gasteiger charge is 2.41. The maximum Gasteiger partial charge on any atom is 0.338 e. The number of rotatable bonds is 8. The van der Waals surface area contributed by atoms with Crippen LogP contribution >= 0.6 is 23.1 Å². The fraction of sp³-hybridized carbons (Fsp3) is 0.476. The SMILES string of the molecule is CC1=C(C(=O)OC(C)C)C(c2ccsc2)N2C(CC(=O)NCCN(C)C)=CSC2=N1. The van der Waals surface area contributed by atoms with Crippen molar-refractivity contribution in [3.63, 3.8) is 0 Å². The van der Waals surface area contributed by atoms with Gasteiger partial charge in [-0.05, 0) is 62.7 Å². The lowest BCUT2D eigenvalue weighted by Crippen LogP contribution is -2.38. The van der Waals surface area contributed by atoms with Crippen molar-refractivity contribution >= 4 is 40.1 Å². The molecule has 0 aliphatic carbocycles. The highest BCUT2D eigenvalue weighted by molar-refractivity contribution is 8.16. The van der Waals surface area contributed by atoms with E-state index in [1.165, 1.54) is 11.8 Å². The minimum Gasteiger partial charge on any atom is -0.459 e. The van der Waals surface area contributed by atoms with Crippen LogP contribution in [0.4, 0.5) is 0 Å². The van der Waals surface area contributed by atoms with Crippen LogP contribution in [0.1, 0.15) is 38.8 Å². The van der Waals surface area contributed by atoms with Crippen molar-refractivity contribution in [3.05, 3.63) is 44.8 Å². The number of carbonyl (C=O) groups is 2. The molecule has 1 amide bonds.